The van der Waals surface area contributed by atoms with Crippen LogP contribution >= 0.6 is 0 Å². The fourth-order valence-electron chi connectivity index (χ4n) is 2.73. The molecule has 24 heavy (non-hydrogen) atoms. The molecule has 0 amide bonds. The van der Waals surface area contributed by atoms with E-state index < -0.39 is 7.69 Å². The first-order valence-corrected chi connectivity index (χ1v) is 7.69. The van der Waals surface area contributed by atoms with Gasteiger partial charge in [0.05, 0.1) is 0 Å². The Kier molecular flexibility index (Phi) is 5.11. The summed E-state index contributed by atoms with van der Waals surface area (Å²) in [7, 11) is -0.750. The lowest BCUT2D eigenvalue weighted by Gasteiger charge is -2.03. The van der Waals surface area contributed by atoms with Crippen LogP contribution in [-0.4, -0.2) is 17.7 Å². The van der Waals surface area contributed by atoms with Gasteiger partial charge in [-0.2, -0.15) is 0 Å². The Bertz CT molecular complexity index is 902. The Labute approximate surface area is 141 Å². The molecule has 0 saturated heterocycles. The molecule has 3 nitrogen and oxygen atoms in total. The molecule has 4 rings (SSSR count). The predicted molar refractivity (Wildman–Crippen MR) is 98.7 cm³/mol. The zero-order valence-electron chi connectivity index (χ0n) is 13.1. The first kappa shape index (κ1) is 16.1. The van der Waals surface area contributed by atoms with Gasteiger partial charge in [-0.3, -0.25) is 0 Å². The largest absolute Gasteiger partial charge is 0.455 e. The third kappa shape index (κ3) is 3.25. The van der Waals surface area contributed by atoms with Crippen LogP contribution in [0.2, 0.25) is 0 Å². The second kappa shape index (κ2) is 7.64. The number of hydrogen-bond donors (Lipinski definition) is 2. The number of hydrogen-bond acceptors (Lipinski definition) is 3. The minimum atomic E-state index is -0.750. The maximum Gasteiger partial charge on any atom is 0.432 e. The van der Waals surface area contributed by atoms with Crippen LogP contribution in [0.5, 0.6) is 0 Å². The van der Waals surface area contributed by atoms with Gasteiger partial charge in [-0.15, -0.1) is 0 Å². The van der Waals surface area contributed by atoms with E-state index >= 15 is 0 Å². The number of furan rings is 1. The fourth-order valence-corrected chi connectivity index (χ4v) is 2.73. The topological polar surface area (TPSA) is 53.6 Å². The van der Waals surface area contributed by atoms with E-state index in [0.29, 0.717) is 0 Å². The monoisotopic (exact) mass is 316 g/mol. The van der Waals surface area contributed by atoms with Crippen LogP contribution in [-0.2, 0) is 0 Å². The minimum Gasteiger partial charge on any atom is -0.455 e. The van der Waals surface area contributed by atoms with E-state index in [1.54, 1.807) is 0 Å². The maximum atomic E-state index is 7.12. The van der Waals surface area contributed by atoms with Crippen LogP contribution in [0.25, 0.3) is 33.4 Å². The van der Waals surface area contributed by atoms with Gasteiger partial charge in [0.25, 0.3) is 0 Å². The van der Waals surface area contributed by atoms with Gasteiger partial charge >= 0.3 is 7.69 Å². The quantitative estimate of drug-likeness (QED) is 0.550. The van der Waals surface area contributed by atoms with E-state index in [9.17, 15) is 0 Å². The van der Waals surface area contributed by atoms with Gasteiger partial charge in [-0.1, -0.05) is 78.9 Å². The van der Waals surface area contributed by atoms with E-state index in [1.165, 1.54) is 5.56 Å². The standard InChI is InChI=1S/C20H14O.BH3O2/c1-3-9-15(10-4-1)19-17-13-7-8-14-18(17)21-20(19)16-11-5-2-6-12-16;2-1-3/h1-14H;1-3H. The zero-order valence-corrected chi connectivity index (χ0v) is 13.1. The summed E-state index contributed by atoms with van der Waals surface area (Å²) in [5.41, 5.74) is 4.38. The second-order valence-corrected chi connectivity index (χ2v) is 5.18. The summed E-state index contributed by atoms with van der Waals surface area (Å²) in [6, 6.07) is 28.9. The highest BCUT2D eigenvalue weighted by atomic mass is 16.4. The molecule has 2 N–H and O–H groups in total. The van der Waals surface area contributed by atoms with Crippen molar-refractivity contribution in [3.05, 3.63) is 84.9 Å². The molecule has 0 spiro atoms. The highest BCUT2D eigenvalue weighted by Crippen LogP contribution is 2.40. The number of para-hydroxylation sites is 1. The highest BCUT2D eigenvalue weighted by Gasteiger charge is 2.16. The summed E-state index contributed by atoms with van der Waals surface area (Å²) in [4.78, 5) is 0. The molecule has 0 saturated carbocycles. The molecule has 118 valence electrons. The van der Waals surface area contributed by atoms with Crippen molar-refractivity contribution in [2.75, 3.05) is 0 Å². The Morgan fingerprint density at radius 2 is 1.12 bits per heavy atom. The lowest BCUT2D eigenvalue weighted by molar-refractivity contribution is 0.448. The molecule has 0 atom stereocenters. The molecule has 0 aliphatic heterocycles. The van der Waals surface area contributed by atoms with Gasteiger partial charge in [0.15, 0.2) is 0 Å². The predicted octanol–water partition coefficient (Wildman–Crippen LogP) is 4.00. The van der Waals surface area contributed by atoms with Crippen molar-refractivity contribution in [3.63, 3.8) is 0 Å². The van der Waals surface area contributed by atoms with Gasteiger partial charge in [-0.05, 0) is 11.6 Å². The number of benzene rings is 3. The first-order valence-electron chi connectivity index (χ1n) is 7.69. The van der Waals surface area contributed by atoms with Gasteiger partial charge < -0.3 is 14.5 Å². The molecule has 0 fully saturated rings. The summed E-state index contributed by atoms with van der Waals surface area (Å²) in [6.07, 6.45) is 0. The molecule has 3 aromatic carbocycles. The van der Waals surface area contributed by atoms with E-state index in [2.05, 4.69) is 48.5 Å². The van der Waals surface area contributed by atoms with E-state index in [4.69, 9.17) is 14.5 Å². The normalized spacial score (nSPS) is 10.1. The van der Waals surface area contributed by atoms with Crippen molar-refractivity contribution in [2.45, 2.75) is 0 Å². The Morgan fingerprint density at radius 1 is 0.625 bits per heavy atom. The number of rotatable bonds is 2. The average Bonchev–Trinajstić information content (AvgIpc) is 3.03. The highest BCUT2D eigenvalue weighted by molar-refractivity contribution is 6.13. The third-order valence-electron chi connectivity index (χ3n) is 3.69. The van der Waals surface area contributed by atoms with Crippen LogP contribution in [0.4, 0.5) is 0 Å². The molecule has 4 heteroatoms. The summed E-state index contributed by atoms with van der Waals surface area (Å²) < 4.78 is 6.14. The van der Waals surface area contributed by atoms with Crippen molar-refractivity contribution in [3.8, 4) is 22.5 Å². The molecule has 4 aromatic rings. The fraction of sp³-hybridized carbons (Fsp3) is 0. The van der Waals surface area contributed by atoms with Crippen LogP contribution in [0.1, 0.15) is 0 Å². The maximum absolute atomic E-state index is 7.12. The summed E-state index contributed by atoms with van der Waals surface area (Å²) in [5, 5.41) is 15.4. The molecule has 0 bridgehead atoms. The van der Waals surface area contributed by atoms with Gasteiger partial charge in [0.1, 0.15) is 11.3 Å². The molecular formula is C20H17BO3. The molecule has 1 aromatic heterocycles. The summed E-state index contributed by atoms with van der Waals surface area (Å²) in [5.74, 6) is 0.933. The minimum absolute atomic E-state index is 0.750. The zero-order chi connectivity index (χ0) is 16.8. The first-order chi connectivity index (χ1) is 11.8. The van der Waals surface area contributed by atoms with E-state index in [0.717, 1.165) is 27.9 Å². The summed E-state index contributed by atoms with van der Waals surface area (Å²) in [6.45, 7) is 0. The lowest BCUT2D eigenvalue weighted by atomic mass is 9.99. The van der Waals surface area contributed by atoms with Crippen molar-refractivity contribution in [1.82, 2.24) is 0 Å². The second-order valence-electron chi connectivity index (χ2n) is 5.18. The SMILES string of the molecule is OBO.c1ccc(-c2oc3ccccc3c2-c2ccccc2)cc1. The smallest absolute Gasteiger partial charge is 0.432 e. The molecule has 1 heterocycles. The van der Waals surface area contributed by atoms with Gasteiger partial charge in [-0.25, -0.2) is 0 Å². The number of fused-ring (bicyclic) bond motifs is 1. The van der Waals surface area contributed by atoms with Crippen molar-refractivity contribution >= 4 is 18.7 Å². The van der Waals surface area contributed by atoms with E-state index in [1.807, 2.05) is 36.4 Å². The van der Waals surface area contributed by atoms with E-state index in [-0.39, 0.29) is 0 Å². The average molecular weight is 316 g/mol. The Hall–Kier alpha value is -2.82. The summed E-state index contributed by atoms with van der Waals surface area (Å²) >= 11 is 0. The molecule has 0 aliphatic carbocycles. The Balaban J connectivity index is 0.000000526. The van der Waals surface area contributed by atoms with Gasteiger partial charge in [0.2, 0.25) is 0 Å². The third-order valence-corrected chi connectivity index (χ3v) is 3.69. The molecule has 0 aliphatic rings. The van der Waals surface area contributed by atoms with Crippen LogP contribution in [0, 0.1) is 0 Å². The molecule has 0 unspecified atom stereocenters. The van der Waals surface area contributed by atoms with Crippen LogP contribution < -0.4 is 0 Å². The van der Waals surface area contributed by atoms with Crippen molar-refractivity contribution in [2.24, 2.45) is 0 Å². The lowest BCUT2D eigenvalue weighted by Crippen LogP contribution is -1.80. The Morgan fingerprint density at radius 3 is 1.75 bits per heavy atom. The molecular weight excluding hydrogens is 299 g/mol. The molecule has 0 radical (unpaired) electrons. The van der Waals surface area contributed by atoms with Crippen LogP contribution in [0.3, 0.4) is 0 Å². The van der Waals surface area contributed by atoms with Crippen molar-refractivity contribution in [1.29, 1.82) is 0 Å². The van der Waals surface area contributed by atoms with Gasteiger partial charge in [0, 0.05) is 16.5 Å². The van der Waals surface area contributed by atoms with Crippen molar-refractivity contribution < 1.29 is 14.5 Å². The van der Waals surface area contributed by atoms with Crippen LogP contribution in [0.15, 0.2) is 89.3 Å².